The van der Waals surface area contributed by atoms with Gasteiger partial charge in [-0.15, -0.1) is 10.2 Å². The Bertz CT molecular complexity index is 1450. The van der Waals surface area contributed by atoms with Gasteiger partial charge in [0, 0.05) is 16.1 Å². The smallest absolute Gasteiger partial charge is 0.416 e. The minimum atomic E-state index is -4.55. The van der Waals surface area contributed by atoms with Crippen molar-refractivity contribution in [1.29, 1.82) is 0 Å². The number of furan rings is 1. The van der Waals surface area contributed by atoms with Crippen LogP contribution in [-0.2, 0) is 24.1 Å². The Labute approximate surface area is 212 Å². The molecule has 0 unspecified atom stereocenters. The van der Waals surface area contributed by atoms with Crippen LogP contribution in [0.5, 0.6) is 5.88 Å². The minimum absolute atomic E-state index is 0.0153. The lowest BCUT2D eigenvalue weighted by atomic mass is 10.2. The van der Waals surface area contributed by atoms with Crippen molar-refractivity contribution >= 4 is 57.1 Å². The van der Waals surface area contributed by atoms with E-state index in [2.05, 4.69) is 20.9 Å². The molecule has 13 heteroatoms. The molecule has 8 nitrogen and oxygen atoms in total. The molecule has 0 aliphatic rings. The number of rotatable bonds is 6. The first-order valence-corrected chi connectivity index (χ1v) is 11.1. The largest absolute Gasteiger partial charge is 0.493 e. The molecule has 2 aromatic heterocycles. The van der Waals surface area contributed by atoms with E-state index in [4.69, 9.17) is 28.2 Å². The van der Waals surface area contributed by atoms with Gasteiger partial charge in [0.15, 0.2) is 5.69 Å². The van der Waals surface area contributed by atoms with E-state index in [-0.39, 0.29) is 23.0 Å². The van der Waals surface area contributed by atoms with Crippen LogP contribution in [-0.4, -0.2) is 20.7 Å². The molecule has 0 saturated heterocycles. The van der Waals surface area contributed by atoms with Crippen LogP contribution in [0.15, 0.2) is 75.5 Å². The normalized spacial score (nSPS) is 11.8. The fraction of sp³-hybridized carbons (Fsp3) is 0.130. The van der Waals surface area contributed by atoms with Crippen molar-refractivity contribution in [1.82, 2.24) is 9.88 Å². The van der Waals surface area contributed by atoms with Gasteiger partial charge in [-0.25, -0.2) is 0 Å². The van der Waals surface area contributed by atoms with Gasteiger partial charge in [0.1, 0.15) is 12.3 Å². The fourth-order valence-electron chi connectivity index (χ4n) is 3.38. The van der Waals surface area contributed by atoms with Crippen LogP contribution in [0.3, 0.4) is 0 Å². The number of anilines is 1. The molecule has 0 radical (unpaired) electrons. The summed E-state index contributed by atoms with van der Waals surface area (Å²) in [7, 11) is 0. The number of fused-ring (bicyclic) bond motifs is 1. The molecule has 4 aromatic rings. The lowest BCUT2D eigenvalue weighted by molar-refractivity contribution is -0.137. The molecule has 2 heterocycles. The number of benzene rings is 2. The molecule has 36 heavy (non-hydrogen) atoms. The first kappa shape index (κ1) is 25.2. The molecule has 0 aliphatic carbocycles. The maximum atomic E-state index is 13.0. The number of nitrogens with one attached hydrogen (secondary N) is 2. The van der Waals surface area contributed by atoms with E-state index >= 15 is 0 Å². The van der Waals surface area contributed by atoms with Crippen molar-refractivity contribution < 1.29 is 27.5 Å². The van der Waals surface area contributed by atoms with Gasteiger partial charge < -0.3 is 24.7 Å². The monoisotopic (exact) mass is 535 g/mol. The van der Waals surface area contributed by atoms with E-state index in [9.17, 15) is 23.1 Å². The molecule has 0 spiro atoms. The Morgan fingerprint density at radius 2 is 1.97 bits per heavy atom. The summed E-state index contributed by atoms with van der Waals surface area (Å²) in [5.74, 6) is -0.440. The second kappa shape index (κ2) is 10.4. The molecule has 0 saturated carbocycles. The van der Waals surface area contributed by atoms with Gasteiger partial charge in [-0.1, -0.05) is 17.7 Å². The lowest BCUT2D eigenvalue weighted by Crippen LogP contribution is -2.19. The number of aromatic hydroxyl groups is 1. The zero-order chi connectivity index (χ0) is 25.9. The topological polar surface area (TPSA) is 104 Å². The van der Waals surface area contributed by atoms with Crippen molar-refractivity contribution in [3.8, 4) is 5.88 Å². The summed E-state index contributed by atoms with van der Waals surface area (Å²) >= 11 is 11.2. The van der Waals surface area contributed by atoms with Gasteiger partial charge in [-0.2, -0.15) is 13.2 Å². The Kier molecular flexibility index (Phi) is 7.27. The van der Waals surface area contributed by atoms with Crippen LogP contribution in [0.1, 0.15) is 11.3 Å². The highest BCUT2D eigenvalue weighted by atomic mass is 35.5. The molecule has 0 atom stereocenters. The van der Waals surface area contributed by atoms with Crippen molar-refractivity contribution in [2.45, 2.75) is 19.3 Å². The number of nitrogens with zero attached hydrogens (tertiary/aromatic N) is 3. The highest BCUT2D eigenvalue weighted by Gasteiger charge is 2.30. The number of aromatic nitrogens is 1. The SMILES string of the molecule is O=C(Cn1c(O)c(N=NC(=S)NCc2ccco2)c2cc(Cl)ccc21)Nc1cccc(C(F)(F)F)c1. The quantitative estimate of drug-likeness (QED) is 0.195. The maximum Gasteiger partial charge on any atom is 0.416 e. The summed E-state index contributed by atoms with van der Waals surface area (Å²) < 4.78 is 45.3. The summed E-state index contributed by atoms with van der Waals surface area (Å²) in [5, 5.41) is 24.8. The first-order valence-electron chi connectivity index (χ1n) is 10.3. The predicted octanol–water partition coefficient (Wildman–Crippen LogP) is 6.41. The summed E-state index contributed by atoms with van der Waals surface area (Å²) in [4.78, 5) is 12.6. The van der Waals surface area contributed by atoms with Crippen LogP contribution in [0.25, 0.3) is 10.9 Å². The van der Waals surface area contributed by atoms with Crippen LogP contribution < -0.4 is 10.6 Å². The van der Waals surface area contributed by atoms with Crippen LogP contribution >= 0.6 is 23.8 Å². The Morgan fingerprint density at radius 1 is 1.17 bits per heavy atom. The number of hydrogen-bond donors (Lipinski definition) is 3. The zero-order valence-corrected chi connectivity index (χ0v) is 19.8. The van der Waals surface area contributed by atoms with Gasteiger partial charge in [0.2, 0.25) is 16.9 Å². The van der Waals surface area contributed by atoms with E-state index in [1.807, 2.05) is 0 Å². The van der Waals surface area contributed by atoms with Crippen LogP contribution in [0.4, 0.5) is 24.5 Å². The summed E-state index contributed by atoms with van der Waals surface area (Å²) in [5.41, 5.74) is -0.522. The number of halogens is 4. The lowest BCUT2D eigenvalue weighted by Gasteiger charge is -2.11. The molecule has 0 aliphatic heterocycles. The molecule has 4 rings (SSSR count). The van der Waals surface area contributed by atoms with Gasteiger partial charge in [-0.3, -0.25) is 4.79 Å². The third-order valence-corrected chi connectivity index (χ3v) is 5.44. The predicted molar refractivity (Wildman–Crippen MR) is 131 cm³/mol. The highest BCUT2D eigenvalue weighted by molar-refractivity contribution is 7.80. The Balaban J connectivity index is 1.56. The number of carbonyl (C=O) groups excluding carboxylic acids is 1. The number of alkyl halides is 3. The molecule has 2 aromatic carbocycles. The molecular formula is C23H17ClF3N5O3S. The van der Waals surface area contributed by atoms with Crippen LogP contribution in [0, 0.1) is 0 Å². The number of carbonyl (C=O) groups is 1. The number of azo groups is 1. The molecule has 0 bridgehead atoms. The van der Waals surface area contributed by atoms with E-state index in [0.29, 0.717) is 21.7 Å². The second-order valence-electron chi connectivity index (χ2n) is 7.48. The Morgan fingerprint density at radius 3 is 2.69 bits per heavy atom. The first-order chi connectivity index (χ1) is 17.1. The van der Waals surface area contributed by atoms with E-state index in [1.54, 1.807) is 24.3 Å². The average Bonchev–Trinajstić information content (AvgIpc) is 3.43. The van der Waals surface area contributed by atoms with Crippen molar-refractivity contribution in [2.75, 3.05) is 5.32 Å². The average molecular weight is 536 g/mol. The number of amides is 1. The van der Waals surface area contributed by atoms with Crippen molar-refractivity contribution in [3.63, 3.8) is 0 Å². The van der Waals surface area contributed by atoms with Gasteiger partial charge >= 0.3 is 6.18 Å². The highest BCUT2D eigenvalue weighted by Crippen LogP contribution is 2.40. The van der Waals surface area contributed by atoms with E-state index in [1.165, 1.54) is 29.0 Å². The summed E-state index contributed by atoms with van der Waals surface area (Å²) in [6.07, 6.45) is -3.04. The maximum absolute atomic E-state index is 13.0. The minimum Gasteiger partial charge on any atom is -0.493 e. The molecule has 1 amide bonds. The van der Waals surface area contributed by atoms with Crippen molar-refractivity contribution in [2.24, 2.45) is 10.2 Å². The fourth-order valence-corrected chi connectivity index (χ4v) is 3.66. The van der Waals surface area contributed by atoms with Gasteiger partial charge in [0.05, 0.1) is 23.9 Å². The Hall–Kier alpha value is -3.90. The van der Waals surface area contributed by atoms with E-state index < -0.39 is 30.1 Å². The zero-order valence-electron chi connectivity index (χ0n) is 18.2. The summed E-state index contributed by atoms with van der Waals surface area (Å²) in [6, 6.07) is 12.4. The second-order valence-corrected chi connectivity index (χ2v) is 8.31. The summed E-state index contributed by atoms with van der Waals surface area (Å²) in [6.45, 7) is -0.142. The number of thiocarbonyl (C=S) groups is 1. The molecular weight excluding hydrogens is 519 g/mol. The standard InChI is InChI=1S/C23H17ClF3N5O3S/c24-14-6-7-18-17(10-14)20(30-31-22(36)28-11-16-5-2-8-35-16)21(34)32(18)12-19(33)29-15-4-1-3-13(9-15)23(25,26)27/h1-10,34H,11-12H2,(H,28,36)(H,29,33). The van der Waals surface area contributed by atoms with Gasteiger partial charge in [0.25, 0.3) is 0 Å². The van der Waals surface area contributed by atoms with E-state index in [0.717, 1.165) is 12.1 Å². The van der Waals surface area contributed by atoms with Crippen LogP contribution in [0.2, 0.25) is 5.02 Å². The molecule has 0 fully saturated rings. The third kappa shape index (κ3) is 5.83. The van der Waals surface area contributed by atoms with Gasteiger partial charge in [-0.05, 0) is 60.7 Å². The number of hydrogen-bond acceptors (Lipinski definition) is 5. The third-order valence-electron chi connectivity index (χ3n) is 4.98. The molecule has 186 valence electrons. The molecule has 3 N–H and O–H groups in total. The van der Waals surface area contributed by atoms with Crippen molar-refractivity contribution in [3.05, 3.63) is 77.2 Å².